The normalized spacial score (nSPS) is 14.6. The number of anilines is 1. The molecule has 86 valence electrons. The molecule has 1 aliphatic rings. The van der Waals surface area contributed by atoms with Gasteiger partial charge in [0, 0.05) is 24.0 Å². The molecule has 0 bridgehead atoms. The molecule has 0 saturated heterocycles. The van der Waals surface area contributed by atoms with E-state index in [0.29, 0.717) is 6.04 Å². The van der Waals surface area contributed by atoms with Crippen LogP contribution in [0.4, 0.5) is 5.95 Å². The van der Waals surface area contributed by atoms with Crippen molar-refractivity contribution < 1.29 is 0 Å². The van der Waals surface area contributed by atoms with Crippen LogP contribution in [-0.2, 0) is 0 Å². The first-order valence-corrected chi connectivity index (χ1v) is 5.97. The summed E-state index contributed by atoms with van der Waals surface area (Å²) in [5.41, 5.74) is 3.49. The maximum atomic E-state index is 4.34. The monoisotopic (exact) mass is 225 g/mol. The highest BCUT2D eigenvalue weighted by Gasteiger charge is 2.21. The van der Waals surface area contributed by atoms with Crippen molar-refractivity contribution in [1.82, 2.24) is 9.97 Å². The smallest absolute Gasteiger partial charge is 0.222 e. The Labute approximate surface area is 101 Å². The topological polar surface area (TPSA) is 37.8 Å². The molecule has 1 saturated carbocycles. The van der Waals surface area contributed by atoms with E-state index in [4.69, 9.17) is 0 Å². The van der Waals surface area contributed by atoms with E-state index >= 15 is 0 Å². The van der Waals surface area contributed by atoms with Crippen molar-refractivity contribution in [1.29, 1.82) is 0 Å². The van der Waals surface area contributed by atoms with Crippen molar-refractivity contribution in [2.45, 2.75) is 25.8 Å². The minimum atomic E-state index is 0.597. The van der Waals surface area contributed by atoms with Gasteiger partial charge in [0.2, 0.25) is 5.95 Å². The van der Waals surface area contributed by atoms with Gasteiger partial charge in [-0.25, -0.2) is 9.97 Å². The summed E-state index contributed by atoms with van der Waals surface area (Å²) in [4.78, 5) is 8.69. The predicted molar refractivity (Wildman–Crippen MR) is 68.8 cm³/mol. The standard InChI is InChI=1S/C14H15N3/c1-10-3-2-4-11(7-10)12-8-15-14(16-9-12)17-13-5-6-13/h2-4,7-9,13H,5-6H2,1H3,(H,15,16,17). The van der Waals surface area contributed by atoms with Crippen LogP contribution in [0.25, 0.3) is 11.1 Å². The van der Waals surface area contributed by atoms with Gasteiger partial charge in [-0.2, -0.15) is 0 Å². The summed E-state index contributed by atoms with van der Waals surface area (Å²) in [7, 11) is 0. The second-order valence-electron chi connectivity index (χ2n) is 4.58. The second-order valence-corrected chi connectivity index (χ2v) is 4.58. The van der Waals surface area contributed by atoms with Gasteiger partial charge in [0.05, 0.1) is 0 Å². The molecule has 17 heavy (non-hydrogen) atoms. The number of hydrogen-bond acceptors (Lipinski definition) is 3. The Balaban J connectivity index is 1.83. The van der Waals surface area contributed by atoms with E-state index in [1.54, 1.807) is 0 Å². The maximum absolute atomic E-state index is 4.34. The summed E-state index contributed by atoms with van der Waals surface area (Å²) in [6.07, 6.45) is 6.24. The first kappa shape index (κ1) is 10.3. The van der Waals surface area contributed by atoms with Crippen LogP contribution >= 0.6 is 0 Å². The molecular formula is C14H15N3. The lowest BCUT2D eigenvalue weighted by Crippen LogP contribution is -2.04. The van der Waals surface area contributed by atoms with Crippen molar-refractivity contribution in [3.8, 4) is 11.1 Å². The fourth-order valence-electron chi connectivity index (χ4n) is 1.79. The largest absolute Gasteiger partial charge is 0.351 e. The molecule has 1 fully saturated rings. The Morgan fingerprint density at radius 3 is 2.53 bits per heavy atom. The van der Waals surface area contributed by atoms with Crippen molar-refractivity contribution in [2.75, 3.05) is 5.32 Å². The van der Waals surface area contributed by atoms with E-state index in [1.165, 1.54) is 24.0 Å². The molecule has 3 heteroatoms. The highest BCUT2D eigenvalue weighted by atomic mass is 15.1. The van der Waals surface area contributed by atoms with Crippen molar-refractivity contribution in [3.63, 3.8) is 0 Å². The fourth-order valence-corrected chi connectivity index (χ4v) is 1.79. The van der Waals surface area contributed by atoms with Crippen molar-refractivity contribution >= 4 is 5.95 Å². The molecule has 2 aromatic rings. The number of nitrogens with one attached hydrogen (secondary N) is 1. The third-order valence-corrected chi connectivity index (χ3v) is 2.91. The van der Waals surface area contributed by atoms with Gasteiger partial charge in [0.15, 0.2) is 0 Å². The average molecular weight is 225 g/mol. The van der Waals surface area contributed by atoms with Crippen LogP contribution in [0.15, 0.2) is 36.7 Å². The molecule has 0 unspecified atom stereocenters. The van der Waals surface area contributed by atoms with Gasteiger partial charge in [-0.1, -0.05) is 29.8 Å². The van der Waals surface area contributed by atoms with Gasteiger partial charge in [-0.15, -0.1) is 0 Å². The lowest BCUT2D eigenvalue weighted by atomic mass is 10.1. The van der Waals surface area contributed by atoms with Crippen LogP contribution in [0.5, 0.6) is 0 Å². The van der Waals surface area contributed by atoms with Gasteiger partial charge in [-0.3, -0.25) is 0 Å². The zero-order valence-corrected chi connectivity index (χ0v) is 9.85. The third kappa shape index (κ3) is 2.44. The van der Waals surface area contributed by atoms with Gasteiger partial charge < -0.3 is 5.32 Å². The number of aromatic nitrogens is 2. The molecule has 1 N–H and O–H groups in total. The first-order valence-electron chi connectivity index (χ1n) is 5.97. The van der Waals surface area contributed by atoms with Crippen molar-refractivity contribution in [3.05, 3.63) is 42.2 Å². The number of rotatable bonds is 3. The van der Waals surface area contributed by atoms with Gasteiger partial charge >= 0.3 is 0 Å². The van der Waals surface area contributed by atoms with E-state index < -0.39 is 0 Å². The SMILES string of the molecule is Cc1cccc(-c2cnc(NC3CC3)nc2)c1. The van der Waals surface area contributed by atoms with E-state index in [-0.39, 0.29) is 0 Å². The fraction of sp³-hybridized carbons (Fsp3) is 0.286. The molecule has 0 amide bonds. The number of hydrogen-bond donors (Lipinski definition) is 1. The summed E-state index contributed by atoms with van der Waals surface area (Å²) in [6, 6.07) is 8.97. The quantitative estimate of drug-likeness (QED) is 0.872. The zero-order chi connectivity index (χ0) is 11.7. The molecule has 1 heterocycles. The Morgan fingerprint density at radius 1 is 1.12 bits per heavy atom. The van der Waals surface area contributed by atoms with Crippen LogP contribution in [-0.4, -0.2) is 16.0 Å². The molecule has 0 aliphatic heterocycles. The highest BCUT2D eigenvalue weighted by molar-refractivity contribution is 5.62. The Kier molecular flexibility index (Phi) is 2.52. The van der Waals surface area contributed by atoms with E-state index in [1.807, 2.05) is 12.4 Å². The minimum absolute atomic E-state index is 0.597. The molecule has 3 rings (SSSR count). The zero-order valence-electron chi connectivity index (χ0n) is 9.85. The molecule has 1 aromatic heterocycles. The molecular weight excluding hydrogens is 210 g/mol. The van der Waals surface area contributed by atoms with Crippen LogP contribution in [0.1, 0.15) is 18.4 Å². The lowest BCUT2D eigenvalue weighted by molar-refractivity contribution is 1.05. The van der Waals surface area contributed by atoms with Crippen LogP contribution in [0.2, 0.25) is 0 Å². The summed E-state index contributed by atoms with van der Waals surface area (Å²) in [6.45, 7) is 2.09. The molecule has 0 spiro atoms. The first-order chi connectivity index (χ1) is 8.31. The summed E-state index contributed by atoms with van der Waals surface area (Å²) >= 11 is 0. The van der Waals surface area contributed by atoms with Gasteiger partial charge in [-0.05, 0) is 25.3 Å². The van der Waals surface area contributed by atoms with Crippen LogP contribution in [0, 0.1) is 6.92 Å². The van der Waals surface area contributed by atoms with Gasteiger partial charge in [0.25, 0.3) is 0 Å². The number of nitrogens with zero attached hydrogens (tertiary/aromatic N) is 2. The summed E-state index contributed by atoms with van der Waals surface area (Å²) in [5, 5.41) is 3.28. The predicted octanol–water partition coefficient (Wildman–Crippen LogP) is 3.03. The Morgan fingerprint density at radius 2 is 1.88 bits per heavy atom. The molecule has 0 radical (unpaired) electrons. The number of benzene rings is 1. The van der Waals surface area contributed by atoms with Crippen molar-refractivity contribution in [2.24, 2.45) is 0 Å². The molecule has 3 nitrogen and oxygen atoms in total. The highest BCUT2D eigenvalue weighted by Crippen LogP contribution is 2.24. The minimum Gasteiger partial charge on any atom is -0.351 e. The van der Waals surface area contributed by atoms with E-state index in [0.717, 1.165) is 11.5 Å². The second kappa shape index (κ2) is 4.17. The summed E-state index contributed by atoms with van der Waals surface area (Å²) in [5.74, 6) is 0.740. The average Bonchev–Trinajstić information content (AvgIpc) is 3.14. The van der Waals surface area contributed by atoms with E-state index in [2.05, 4.69) is 46.5 Å². The lowest BCUT2D eigenvalue weighted by Gasteiger charge is -2.04. The Bertz CT molecular complexity index is 515. The molecule has 1 aromatic carbocycles. The van der Waals surface area contributed by atoms with E-state index in [9.17, 15) is 0 Å². The summed E-state index contributed by atoms with van der Waals surface area (Å²) < 4.78 is 0. The van der Waals surface area contributed by atoms with Gasteiger partial charge in [0.1, 0.15) is 0 Å². The van der Waals surface area contributed by atoms with Crippen LogP contribution in [0.3, 0.4) is 0 Å². The Hall–Kier alpha value is -1.90. The molecule has 0 atom stereocenters. The third-order valence-electron chi connectivity index (χ3n) is 2.91. The maximum Gasteiger partial charge on any atom is 0.222 e. The molecule has 1 aliphatic carbocycles. The van der Waals surface area contributed by atoms with Crippen LogP contribution < -0.4 is 5.32 Å². The number of aryl methyl sites for hydroxylation is 1.